The van der Waals surface area contributed by atoms with Crippen molar-refractivity contribution in [2.24, 2.45) is 5.11 Å². The number of nitrogens with one attached hydrogen (secondary N) is 1. The van der Waals surface area contributed by atoms with E-state index in [1.54, 1.807) is 0 Å². The summed E-state index contributed by atoms with van der Waals surface area (Å²) in [5, 5.41) is 2.93. The van der Waals surface area contributed by atoms with Crippen molar-refractivity contribution in [1.29, 1.82) is 0 Å². The van der Waals surface area contributed by atoms with Crippen LogP contribution in [-0.2, 0) is 0 Å². The maximum absolute atomic E-state index is 11.2. The Bertz CT molecular complexity index is 538. The van der Waals surface area contributed by atoms with Crippen LogP contribution in [0.25, 0.3) is 21.6 Å². The average Bonchev–Trinajstić information content (AvgIpc) is 2.65. The van der Waals surface area contributed by atoms with Gasteiger partial charge in [0.2, 0.25) is 0 Å². The third-order valence-corrected chi connectivity index (χ3v) is 1.56. The molecular weight excluding hydrogens is 186 g/mol. The van der Waals surface area contributed by atoms with E-state index in [9.17, 15) is 4.79 Å². The molecule has 0 atom stereocenters. The molecule has 8 heteroatoms. The number of amides is 1. The fourth-order valence-corrected chi connectivity index (χ4v) is 1.02. The van der Waals surface area contributed by atoms with Crippen molar-refractivity contribution >= 4 is 17.1 Å². The molecule has 0 radical (unpaired) electrons. The fourth-order valence-electron chi connectivity index (χ4n) is 1.02. The van der Waals surface area contributed by atoms with Crippen molar-refractivity contribution in [3.63, 3.8) is 0 Å². The van der Waals surface area contributed by atoms with E-state index in [1.165, 1.54) is 12.7 Å². The van der Waals surface area contributed by atoms with Crippen LogP contribution < -0.4 is 0 Å². The molecule has 2 heterocycles. The van der Waals surface area contributed by atoms with Crippen LogP contribution in [-0.4, -0.2) is 25.8 Å². The number of hydrogen-bond donors (Lipinski definition) is 1. The van der Waals surface area contributed by atoms with Crippen LogP contribution in [0.4, 0.5) is 0 Å². The molecule has 0 unspecified atom stereocenters. The number of carbonyl (C=O) groups is 1. The van der Waals surface area contributed by atoms with Crippen LogP contribution in [0, 0.1) is 0 Å². The number of aromatic nitrogens is 4. The zero-order valence-electron chi connectivity index (χ0n) is 6.75. The molecule has 0 saturated carbocycles. The molecule has 2 aromatic rings. The lowest BCUT2D eigenvalue weighted by Gasteiger charge is -1.93. The predicted molar refractivity (Wildman–Crippen MR) is 45.2 cm³/mol. The molecule has 0 spiro atoms. The van der Waals surface area contributed by atoms with Gasteiger partial charge in [-0.3, -0.25) is 4.79 Å². The lowest BCUT2D eigenvalue weighted by molar-refractivity contribution is 0.0997. The molecule has 1 N–H and O–H groups in total. The van der Waals surface area contributed by atoms with E-state index in [-0.39, 0.29) is 5.69 Å². The smallest absolute Gasteiger partial charge is 0.269 e. The van der Waals surface area contributed by atoms with E-state index >= 15 is 0 Å². The van der Waals surface area contributed by atoms with Crippen LogP contribution in [0.15, 0.2) is 17.8 Å². The van der Waals surface area contributed by atoms with Crippen LogP contribution >= 0.6 is 0 Å². The first-order chi connectivity index (χ1) is 6.83. The van der Waals surface area contributed by atoms with Crippen molar-refractivity contribution < 1.29 is 4.79 Å². The Morgan fingerprint density at radius 1 is 1.50 bits per heavy atom. The quantitative estimate of drug-likeness (QED) is 0.405. The lowest BCUT2D eigenvalue weighted by Crippen LogP contribution is -1.99. The molecule has 0 aliphatic rings. The zero-order chi connectivity index (χ0) is 9.97. The van der Waals surface area contributed by atoms with Gasteiger partial charge >= 0.3 is 0 Å². The molecule has 0 saturated heterocycles. The van der Waals surface area contributed by atoms with E-state index in [1.807, 2.05) is 0 Å². The average molecular weight is 189 g/mol. The highest BCUT2D eigenvalue weighted by molar-refractivity contribution is 6.02. The molecular formula is C6H3N7O. The van der Waals surface area contributed by atoms with Gasteiger partial charge in [-0.05, 0) is 10.6 Å². The van der Waals surface area contributed by atoms with Crippen molar-refractivity contribution in [3.8, 4) is 0 Å². The number of nitrogens with zero attached hydrogens (tertiary/aromatic N) is 6. The number of carbonyl (C=O) groups excluding carboxylic acids is 1. The monoisotopic (exact) mass is 189 g/mol. The van der Waals surface area contributed by atoms with E-state index in [4.69, 9.17) is 5.53 Å². The summed E-state index contributed by atoms with van der Waals surface area (Å²) < 4.78 is 0. The van der Waals surface area contributed by atoms with Crippen LogP contribution in [0.5, 0.6) is 0 Å². The minimum atomic E-state index is -0.760. The Morgan fingerprint density at radius 3 is 3.14 bits per heavy atom. The summed E-state index contributed by atoms with van der Waals surface area (Å²) in [6.07, 6.45) is 2.56. The molecule has 1 amide bonds. The topological polar surface area (TPSA) is 120 Å². The van der Waals surface area contributed by atoms with Crippen molar-refractivity contribution in [1.82, 2.24) is 19.9 Å². The predicted octanol–water partition coefficient (Wildman–Crippen LogP) is 0.803. The molecule has 0 aliphatic carbocycles. The first kappa shape index (κ1) is 8.14. The molecule has 0 bridgehead atoms. The van der Waals surface area contributed by atoms with E-state index < -0.39 is 5.91 Å². The molecule has 8 nitrogen and oxygen atoms in total. The summed E-state index contributed by atoms with van der Waals surface area (Å²) in [4.78, 5) is 27.6. The van der Waals surface area contributed by atoms with Gasteiger partial charge in [-0.2, -0.15) is 0 Å². The summed E-state index contributed by atoms with van der Waals surface area (Å²) in [6, 6.07) is 0. The Labute approximate surface area is 76.6 Å². The molecule has 68 valence electrons. The highest BCUT2D eigenvalue weighted by Gasteiger charge is 2.11. The molecule has 0 aromatic carbocycles. The second kappa shape index (κ2) is 3.11. The minimum absolute atomic E-state index is 0.0188. The maximum atomic E-state index is 11.2. The van der Waals surface area contributed by atoms with Gasteiger partial charge in [0.25, 0.3) is 5.91 Å². The van der Waals surface area contributed by atoms with Crippen LogP contribution in [0.3, 0.4) is 0 Å². The van der Waals surface area contributed by atoms with Gasteiger partial charge in [0.1, 0.15) is 17.5 Å². The Balaban J connectivity index is 2.67. The first-order valence-electron chi connectivity index (χ1n) is 3.56. The van der Waals surface area contributed by atoms with Gasteiger partial charge in [0, 0.05) is 4.91 Å². The van der Waals surface area contributed by atoms with E-state index in [0.29, 0.717) is 11.2 Å². The van der Waals surface area contributed by atoms with Gasteiger partial charge in [0.15, 0.2) is 5.65 Å². The van der Waals surface area contributed by atoms with E-state index in [0.717, 1.165) is 0 Å². The van der Waals surface area contributed by atoms with Crippen LogP contribution in [0.1, 0.15) is 10.5 Å². The fraction of sp³-hybridized carbons (Fsp3) is 0. The number of aromatic amines is 1. The summed E-state index contributed by atoms with van der Waals surface area (Å²) >= 11 is 0. The third kappa shape index (κ3) is 1.15. The van der Waals surface area contributed by atoms with Gasteiger partial charge in [-0.25, -0.2) is 15.0 Å². The molecule has 0 aliphatic heterocycles. The first-order valence-corrected chi connectivity index (χ1v) is 3.56. The van der Waals surface area contributed by atoms with Crippen LogP contribution in [0.2, 0.25) is 0 Å². The number of azide groups is 1. The molecule has 2 rings (SSSR count). The Hall–Kier alpha value is -2.47. The van der Waals surface area contributed by atoms with Crippen molar-refractivity contribution in [2.45, 2.75) is 0 Å². The highest BCUT2D eigenvalue weighted by atomic mass is 16.1. The van der Waals surface area contributed by atoms with Crippen molar-refractivity contribution in [3.05, 3.63) is 28.8 Å². The molecule has 2 aromatic heterocycles. The second-order valence-electron chi connectivity index (χ2n) is 2.32. The van der Waals surface area contributed by atoms with Gasteiger partial charge in [0.05, 0.1) is 6.33 Å². The summed E-state index contributed by atoms with van der Waals surface area (Å²) in [6.45, 7) is 0. The van der Waals surface area contributed by atoms with Gasteiger partial charge in [-0.1, -0.05) is 0 Å². The highest BCUT2D eigenvalue weighted by Crippen LogP contribution is 2.09. The molecule has 14 heavy (non-hydrogen) atoms. The number of imidazole rings is 1. The lowest BCUT2D eigenvalue weighted by atomic mass is 10.3. The number of fused-ring (bicyclic) bond motifs is 1. The van der Waals surface area contributed by atoms with Gasteiger partial charge in [-0.15, -0.1) is 0 Å². The second-order valence-corrected chi connectivity index (χ2v) is 2.32. The maximum Gasteiger partial charge on any atom is 0.269 e. The summed E-state index contributed by atoms with van der Waals surface area (Å²) in [5.74, 6) is -0.760. The normalized spacial score (nSPS) is 9.71. The SMILES string of the molecule is [N-]=[N+]=NC(=O)c1ncnc2nc[nH]c12. The number of H-pyrrole nitrogens is 1. The van der Waals surface area contributed by atoms with E-state index in [2.05, 4.69) is 30.0 Å². The Morgan fingerprint density at radius 2 is 2.36 bits per heavy atom. The largest absolute Gasteiger partial charge is 0.341 e. The summed E-state index contributed by atoms with van der Waals surface area (Å²) in [5.41, 5.74) is 8.83. The van der Waals surface area contributed by atoms with Crippen molar-refractivity contribution in [2.75, 3.05) is 0 Å². The number of hydrogen-bond acceptors (Lipinski definition) is 4. The summed E-state index contributed by atoms with van der Waals surface area (Å²) in [7, 11) is 0. The molecule has 0 fully saturated rings. The minimum Gasteiger partial charge on any atom is -0.341 e. The third-order valence-electron chi connectivity index (χ3n) is 1.56. The Kier molecular flexibility index (Phi) is 1.81. The number of rotatable bonds is 1. The zero-order valence-corrected chi connectivity index (χ0v) is 6.75. The van der Waals surface area contributed by atoms with Gasteiger partial charge < -0.3 is 4.98 Å². The standard InChI is InChI=1S/C6H3N7O/c7-13-12-6(14)4-3-5(10-1-8-3)11-2-9-4/h1-2H,(H,8,9,10,11).